The van der Waals surface area contributed by atoms with Crippen molar-refractivity contribution in [2.75, 3.05) is 38.2 Å². The number of benzene rings is 1. The smallest absolute Gasteiger partial charge is 0.242 e. The molecular formula is C27H29ClN6O2. The zero-order chi connectivity index (χ0) is 24.2. The topological polar surface area (TPSA) is 98.5 Å². The lowest BCUT2D eigenvalue weighted by molar-refractivity contribution is -0.132. The number of hydrogen-bond acceptors (Lipinski definition) is 6. The second kappa shape index (κ2) is 11.2. The van der Waals surface area contributed by atoms with E-state index in [4.69, 9.17) is 16.3 Å². The molecule has 1 fully saturated rings. The Kier molecular flexibility index (Phi) is 7.87. The average Bonchev–Trinajstić information content (AvgIpc) is 3.34. The first kappa shape index (κ1) is 25.2. The number of anilines is 1. The zero-order valence-electron chi connectivity index (χ0n) is 20.2. The van der Waals surface area contributed by atoms with Crippen LogP contribution in [0.3, 0.4) is 0 Å². The number of halogens is 1. The summed E-state index contributed by atoms with van der Waals surface area (Å²) in [7, 11) is 1.61. The summed E-state index contributed by atoms with van der Waals surface area (Å²) in [6.45, 7) is 3.03. The van der Waals surface area contributed by atoms with Gasteiger partial charge in [-0.15, -0.1) is 0 Å². The van der Waals surface area contributed by atoms with E-state index in [1.807, 2.05) is 76.3 Å². The lowest BCUT2D eigenvalue weighted by Crippen LogP contribution is -2.49. The van der Waals surface area contributed by atoms with Crippen LogP contribution in [0.25, 0.3) is 22.6 Å². The molecule has 8 nitrogen and oxygen atoms in total. The van der Waals surface area contributed by atoms with Crippen LogP contribution in [0, 0.1) is 0 Å². The van der Waals surface area contributed by atoms with Crippen molar-refractivity contribution in [2.24, 2.45) is 0 Å². The van der Waals surface area contributed by atoms with Crippen LogP contribution >= 0.6 is 11.6 Å². The highest BCUT2D eigenvalue weighted by Gasteiger charge is 2.23. The van der Waals surface area contributed by atoms with Gasteiger partial charge in [-0.25, -0.2) is 0 Å². The molecule has 0 radical (unpaired) electrons. The van der Waals surface area contributed by atoms with E-state index in [9.17, 15) is 4.79 Å². The van der Waals surface area contributed by atoms with Crippen LogP contribution in [0.1, 0.15) is 0 Å². The Labute approximate surface area is 215 Å². The van der Waals surface area contributed by atoms with Crippen LogP contribution in [0.4, 0.5) is 5.69 Å². The van der Waals surface area contributed by atoms with Crippen molar-refractivity contribution in [3.05, 3.63) is 84.3 Å². The Morgan fingerprint density at radius 2 is 1.64 bits per heavy atom. The van der Waals surface area contributed by atoms with Crippen molar-refractivity contribution in [3.63, 3.8) is 0 Å². The van der Waals surface area contributed by atoms with Crippen LogP contribution in [0.5, 0.6) is 5.75 Å². The number of amides is 1. The van der Waals surface area contributed by atoms with Crippen molar-refractivity contribution in [2.45, 2.75) is 6.54 Å². The molecule has 0 saturated carbocycles. The van der Waals surface area contributed by atoms with Gasteiger partial charge in [-0.3, -0.25) is 14.8 Å². The molecule has 0 unspecified atom stereocenters. The van der Waals surface area contributed by atoms with Gasteiger partial charge in [0.15, 0.2) is 0 Å². The fourth-order valence-electron chi connectivity index (χ4n) is 4.35. The van der Waals surface area contributed by atoms with Gasteiger partial charge in [0.2, 0.25) is 5.91 Å². The normalized spacial score (nSPS) is 13.3. The molecule has 4 heterocycles. The number of piperazine rings is 1. The van der Waals surface area contributed by atoms with E-state index in [-0.39, 0.29) is 18.6 Å². The second-order valence-corrected chi connectivity index (χ2v) is 8.77. The minimum Gasteiger partial charge on any atom is -0.495 e. The van der Waals surface area contributed by atoms with Crippen molar-refractivity contribution in [1.82, 2.24) is 25.6 Å². The molecule has 186 valence electrons. The molecular weight excluding hydrogens is 476 g/mol. The Balaban J connectivity index is 0.00000304. The highest BCUT2D eigenvalue weighted by atomic mass is 35.5. The summed E-state index contributed by atoms with van der Waals surface area (Å²) >= 11 is 6.17. The van der Waals surface area contributed by atoms with Gasteiger partial charge in [0.25, 0.3) is 0 Å². The summed E-state index contributed by atoms with van der Waals surface area (Å²) in [5.41, 5.74) is 4.58. The Hall–Kier alpha value is -3.88. The van der Waals surface area contributed by atoms with Crippen LogP contribution < -0.4 is 15.8 Å². The summed E-state index contributed by atoms with van der Waals surface area (Å²) in [5.74, 6) is 0.736. The average molecular weight is 505 g/mol. The molecule has 0 atom stereocenters. The van der Waals surface area contributed by atoms with Crippen molar-refractivity contribution in [3.8, 4) is 28.4 Å². The fraction of sp³-hybridized carbons (Fsp3) is 0.222. The Morgan fingerprint density at radius 1 is 0.944 bits per heavy atom. The maximum absolute atomic E-state index is 13.3. The molecule has 0 bridgehead atoms. The predicted molar refractivity (Wildman–Crippen MR) is 143 cm³/mol. The summed E-state index contributed by atoms with van der Waals surface area (Å²) < 4.78 is 7.33. The number of nitrogens with zero attached hydrogens (tertiary/aromatic N) is 5. The maximum atomic E-state index is 13.3. The number of rotatable bonds is 6. The second-order valence-electron chi connectivity index (χ2n) is 8.36. The molecule has 1 saturated heterocycles. The molecule has 0 aliphatic carbocycles. The van der Waals surface area contributed by atoms with Crippen molar-refractivity contribution < 1.29 is 9.53 Å². The molecule has 3 N–H and O–H groups in total. The minimum absolute atomic E-state index is 0. The molecule has 1 aromatic carbocycles. The quantitative estimate of drug-likeness (QED) is 0.405. The van der Waals surface area contributed by atoms with Gasteiger partial charge in [-0.05, 0) is 42.5 Å². The molecule has 0 spiro atoms. The molecule has 5 rings (SSSR count). The van der Waals surface area contributed by atoms with Gasteiger partial charge in [-0.1, -0.05) is 23.7 Å². The van der Waals surface area contributed by atoms with Crippen molar-refractivity contribution in [1.29, 1.82) is 0 Å². The number of hydrogen-bond donors (Lipinski definition) is 1. The van der Waals surface area contributed by atoms with Gasteiger partial charge in [0.05, 0.1) is 29.2 Å². The highest BCUT2D eigenvalue weighted by Crippen LogP contribution is 2.30. The third-order valence-corrected chi connectivity index (χ3v) is 6.53. The third-order valence-electron chi connectivity index (χ3n) is 6.22. The van der Waals surface area contributed by atoms with E-state index in [1.165, 1.54) is 0 Å². The van der Waals surface area contributed by atoms with E-state index in [2.05, 4.69) is 14.9 Å². The minimum atomic E-state index is 0. The highest BCUT2D eigenvalue weighted by molar-refractivity contribution is 6.32. The van der Waals surface area contributed by atoms with Crippen molar-refractivity contribution >= 4 is 23.2 Å². The lowest BCUT2D eigenvalue weighted by Gasteiger charge is -2.36. The van der Waals surface area contributed by atoms with Crippen LogP contribution in [-0.4, -0.2) is 58.6 Å². The number of aromatic nitrogens is 3. The molecule has 9 heteroatoms. The standard InChI is InChI=1S/C27H26ClN5O2.H3N/c1-35-26-17-21(8-9-22(26)28)31-12-14-32(15-13-31)27(34)19-33-18-20(23-6-2-4-10-29-23)16-25(33)24-7-3-5-11-30-24;/h2-11,16-18H,12-15,19H2,1H3;1H3. The molecule has 4 aromatic rings. The first-order valence-corrected chi connectivity index (χ1v) is 11.9. The number of pyridine rings is 2. The van der Waals surface area contributed by atoms with E-state index in [1.54, 1.807) is 19.5 Å². The summed E-state index contributed by atoms with van der Waals surface area (Å²) in [6.07, 6.45) is 5.52. The molecule has 3 aromatic heterocycles. The Bertz CT molecular complexity index is 1300. The van der Waals surface area contributed by atoms with Gasteiger partial charge in [-0.2, -0.15) is 0 Å². The molecule has 1 aliphatic rings. The van der Waals surface area contributed by atoms with Gasteiger partial charge in [0.1, 0.15) is 12.3 Å². The largest absolute Gasteiger partial charge is 0.495 e. The summed E-state index contributed by atoms with van der Waals surface area (Å²) in [4.78, 5) is 26.4. The van der Waals surface area contributed by atoms with Crippen LogP contribution in [-0.2, 0) is 11.3 Å². The Morgan fingerprint density at radius 3 is 2.28 bits per heavy atom. The number of carbonyl (C=O) groups excluding carboxylic acids is 1. The van der Waals surface area contributed by atoms with Gasteiger partial charge < -0.3 is 25.3 Å². The van der Waals surface area contributed by atoms with Crippen LogP contribution in [0.15, 0.2) is 79.3 Å². The lowest BCUT2D eigenvalue weighted by atomic mass is 10.2. The number of carbonyl (C=O) groups is 1. The fourth-order valence-corrected chi connectivity index (χ4v) is 4.54. The first-order chi connectivity index (χ1) is 17.1. The molecule has 1 amide bonds. The van der Waals surface area contributed by atoms with Gasteiger partial charge in [0, 0.05) is 62.1 Å². The molecule has 1 aliphatic heterocycles. The SMILES string of the molecule is COc1cc(N2CCN(C(=O)Cn3cc(-c4ccccn4)cc3-c3ccccn3)CC2)ccc1Cl.N. The number of ether oxygens (including phenoxy) is 1. The molecule has 36 heavy (non-hydrogen) atoms. The summed E-state index contributed by atoms with van der Waals surface area (Å²) in [6, 6.07) is 19.4. The summed E-state index contributed by atoms with van der Waals surface area (Å²) in [5, 5.41) is 0.588. The predicted octanol–water partition coefficient (Wildman–Crippen LogP) is 4.78. The van der Waals surface area contributed by atoms with Gasteiger partial charge >= 0.3 is 0 Å². The maximum Gasteiger partial charge on any atom is 0.242 e. The van der Waals surface area contributed by atoms with E-state index in [0.717, 1.165) is 41.4 Å². The first-order valence-electron chi connectivity index (χ1n) is 11.5. The number of methoxy groups -OCH3 is 1. The van der Waals surface area contributed by atoms with E-state index >= 15 is 0 Å². The monoisotopic (exact) mass is 504 g/mol. The van der Waals surface area contributed by atoms with Crippen LogP contribution in [0.2, 0.25) is 5.02 Å². The zero-order valence-corrected chi connectivity index (χ0v) is 20.9. The third kappa shape index (κ3) is 5.35. The van der Waals surface area contributed by atoms with E-state index < -0.39 is 0 Å². The van der Waals surface area contributed by atoms with E-state index in [0.29, 0.717) is 23.9 Å².